The maximum atomic E-state index is 13.5. The first-order chi connectivity index (χ1) is 16.6. The molecule has 182 valence electrons. The SMILES string of the molecule is Cc1cc(O)ccc1C(=O)N1CCCC1[C@@H]1CCCC(c2cccc(CN3CCCCC3)c2)C1. The molecule has 2 aliphatic heterocycles. The van der Waals surface area contributed by atoms with E-state index in [1.807, 2.05) is 6.92 Å². The van der Waals surface area contributed by atoms with Crippen molar-refractivity contribution in [1.82, 2.24) is 9.80 Å². The summed E-state index contributed by atoms with van der Waals surface area (Å²) in [6.07, 6.45) is 11.2. The van der Waals surface area contributed by atoms with E-state index in [0.717, 1.165) is 37.1 Å². The Bertz CT molecular complexity index is 997. The lowest BCUT2D eigenvalue weighted by Gasteiger charge is -2.37. The summed E-state index contributed by atoms with van der Waals surface area (Å²) in [5.74, 6) is 1.55. The number of aromatic hydroxyl groups is 1. The molecule has 0 aromatic heterocycles. The van der Waals surface area contributed by atoms with Crippen molar-refractivity contribution in [2.75, 3.05) is 19.6 Å². The molecule has 2 unspecified atom stereocenters. The van der Waals surface area contributed by atoms with E-state index in [2.05, 4.69) is 34.1 Å². The molecule has 5 rings (SSSR count). The van der Waals surface area contributed by atoms with Crippen molar-refractivity contribution < 1.29 is 9.90 Å². The Kier molecular flexibility index (Phi) is 7.24. The van der Waals surface area contributed by atoms with Gasteiger partial charge in [-0.25, -0.2) is 0 Å². The van der Waals surface area contributed by atoms with Crippen LogP contribution in [-0.2, 0) is 6.54 Å². The van der Waals surface area contributed by atoms with Gasteiger partial charge in [0, 0.05) is 24.7 Å². The summed E-state index contributed by atoms with van der Waals surface area (Å²) in [6, 6.07) is 14.8. The van der Waals surface area contributed by atoms with Crippen molar-refractivity contribution in [2.45, 2.75) is 83.2 Å². The Hall–Kier alpha value is -2.33. The average Bonchev–Trinajstić information content (AvgIpc) is 3.35. The van der Waals surface area contributed by atoms with Crippen LogP contribution in [0.5, 0.6) is 5.75 Å². The number of nitrogens with zero attached hydrogens (tertiary/aromatic N) is 2. The Balaban J connectivity index is 1.27. The van der Waals surface area contributed by atoms with Gasteiger partial charge in [0.15, 0.2) is 0 Å². The average molecular weight is 461 g/mol. The smallest absolute Gasteiger partial charge is 0.254 e. The lowest BCUT2D eigenvalue weighted by atomic mass is 9.74. The molecule has 0 radical (unpaired) electrons. The highest BCUT2D eigenvalue weighted by Crippen LogP contribution is 2.42. The van der Waals surface area contributed by atoms with Gasteiger partial charge in [-0.1, -0.05) is 37.1 Å². The highest BCUT2D eigenvalue weighted by atomic mass is 16.3. The first-order valence-corrected chi connectivity index (χ1v) is 13.5. The summed E-state index contributed by atoms with van der Waals surface area (Å²) in [7, 11) is 0. The van der Waals surface area contributed by atoms with E-state index in [4.69, 9.17) is 0 Å². The number of carbonyl (C=O) groups excluding carboxylic acids is 1. The van der Waals surface area contributed by atoms with Crippen LogP contribution in [0.4, 0.5) is 0 Å². The number of hydrogen-bond acceptors (Lipinski definition) is 3. The van der Waals surface area contributed by atoms with E-state index in [1.54, 1.807) is 18.2 Å². The number of likely N-dealkylation sites (tertiary alicyclic amines) is 2. The van der Waals surface area contributed by atoms with Gasteiger partial charge in [0.05, 0.1) is 0 Å². The Morgan fingerprint density at radius 1 is 0.941 bits per heavy atom. The predicted octanol–water partition coefficient (Wildman–Crippen LogP) is 6.27. The third kappa shape index (κ3) is 5.17. The number of phenolic OH excluding ortho intramolecular Hbond substituents is 1. The van der Waals surface area contributed by atoms with Gasteiger partial charge in [-0.05, 0) is 112 Å². The highest BCUT2D eigenvalue weighted by molar-refractivity contribution is 5.96. The largest absolute Gasteiger partial charge is 0.508 e. The molecule has 0 bridgehead atoms. The minimum atomic E-state index is 0.144. The molecule has 34 heavy (non-hydrogen) atoms. The molecule has 2 aromatic carbocycles. The van der Waals surface area contributed by atoms with Crippen molar-refractivity contribution in [3.8, 4) is 5.75 Å². The second kappa shape index (κ2) is 10.5. The summed E-state index contributed by atoms with van der Waals surface area (Å²) in [5.41, 5.74) is 4.57. The van der Waals surface area contributed by atoms with E-state index < -0.39 is 0 Å². The van der Waals surface area contributed by atoms with E-state index in [1.165, 1.54) is 69.2 Å². The molecule has 3 fully saturated rings. The van der Waals surface area contributed by atoms with Gasteiger partial charge in [0.2, 0.25) is 0 Å². The fourth-order valence-electron chi connectivity index (χ4n) is 6.78. The molecule has 1 N–H and O–H groups in total. The van der Waals surface area contributed by atoms with E-state index in [-0.39, 0.29) is 11.7 Å². The summed E-state index contributed by atoms with van der Waals surface area (Å²) in [4.78, 5) is 18.2. The number of benzene rings is 2. The van der Waals surface area contributed by atoms with E-state index >= 15 is 0 Å². The minimum Gasteiger partial charge on any atom is -0.508 e. The van der Waals surface area contributed by atoms with Crippen molar-refractivity contribution in [1.29, 1.82) is 0 Å². The molecule has 2 saturated heterocycles. The van der Waals surface area contributed by atoms with Crippen LogP contribution in [0, 0.1) is 12.8 Å². The van der Waals surface area contributed by atoms with Crippen LogP contribution in [0.3, 0.4) is 0 Å². The first kappa shape index (κ1) is 23.4. The number of amides is 1. The van der Waals surface area contributed by atoms with Gasteiger partial charge in [-0.3, -0.25) is 9.69 Å². The second-order valence-corrected chi connectivity index (χ2v) is 10.9. The van der Waals surface area contributed by atoms with Crippen LogP contribution in [0.2, 0.25) is 0 Å². The van der Waals surface area contributed by atoms with Gasteiger partial charge >= 0.3 is 0 Å². The maximum Gasteiger partial charge on any atom is 0.254 e. The molecule has 4 nitrogen and oxygen atoms in total. The maximum absolute atomic E-state index is 13.5. The van der Waals surface area contributed by atoms with Crippen LogP contribution in [0.15, 0.2) is 42.5 Å². The summed E-state index contributed by atoms with van der Waals surface area (Å²) in [5, 5.41) is 9.76. The monoisotopic (exact) mass is 460 g/mol. The lowest BCUT2D eigenvalue weighted by Crippen LogP contribution is -2.41. The molecule has 3 aliphatic rings. The molecule has 4 heteroatoms. The molecular formula is C30H40N2O2. The predicted molar refractivity (Wildman–Crippen MR) is 137 cm³/mol. The molecule has 1 amide bonds. The Morgan fingerprint density at radius 3 is 2.62 bits per heavy atom. The van der Waals surface area contributed by atoms with Crippen molar-refractivity contribution in [2.24, 2.45) is 5.92 Å². The van der Waals surface area contributed by atoms with Crippen LogP contribution >= 0.6 is 0 Å². The number of aryl methyl sites for hydroxylation is 1. The zero-order chi connectivity index (χ0) is 23.5. The van der Waals surface area contributed by atoms with Crippen LogP contribution < -0.4 is 0 Å². The molecule has 2 heterocycles. The number of piperidine rings is 1. The minimum absolute atomic E-state index is 0.144. The van der Waals surface area contributed by atoms with Gasteiger partial charge in [0.25, 0.3) is 5.91 Å². The highest BCUT2D eigenvalue weighted by Gasteiger charge is 2.38. The molecular weight excluding hydrogens is 420 g/mol. The fraction of sp³-hybridized carbons (Fsp3) is 0.567. The molecule has 0 spiro atoms. The topological polar surface area (TPSA) is 43.8 Å². The number of hydrogen-bond donors (Lipinski definition) is 1. The summed E-state index contributed by atoms with van der Waals surface area (Å²) in [6.45, 7) is 6.34. The second-order valence-electron chi connectivity index (χ2n) is 10.9. The van der Waals surface area contributed by atoms with Crippen molar-refractivity contribution >= 4 is 5.91 Å². The molecule has 2 aromatic rings. The van der Waals surface area contributed by atoms with E-state index in [0.29, 0.717) is 17.9 Å². The van der Waals surface area contributed by atoms with E-state index in [9.17, 15) is 9.90 Å². The van der Waals surface area contributed by atoms with Crippen LogP contribution in [0.1, 0.15) is 90.8 Å². The van der Waals surface area contributed by atoms with Crippen LogP contribution in [0.25, 0.3) is 0 Å². The summed E-state index contributed by atoms with van der Waals surface area (Å²) >= 11 is 0. The molecule has 1 aliphatic carbocycles. The standard InChI is InChI=1S/C30H40N2O2/c1-22-18-27(33)13-14-28(22)30(34)32-17-7-12-29(32)26-11-6-10-25(20-26)24-9-5-8-23(19-24)21-31-15-3-2-4-16-31/h5,8-9,13-14,18-19,25-26,29,33H,2-4,6-7,10-12,15-17,20-21H2,1H3/t25?,26-,29?/m1/s1. The normalized spacial score (nSPS) is 26.0. The zero-order valence-corrected chi connectivity index (χ0v) is 20.7. The first-order valence-electron chi connectivity index (χ1n) is 13.5. The summed E-state index contributed by atoms with van der Waals surface area (Å²) < 4.78 is 0. The lowest BCUT2D eigenvalue weighted by molar-refractivity contribution is 0.0653. The quantitative estimate of drug-likeness (QED) is 0.572. The van der Waals surface area contributed by atoms with Crippen molar-refractivity contribution in [3.05, 3.63) is 64.7 Å². The fourth-order valence-corrected chi connectivity index (χ4v) is 6.78. The zero-order valence-electron chi connectivity index (χ0n) is 20.7. The Morgan fingerprint density at radius 2 is 1.79 bits per heavy atom. The third-order valence-electron chi connectivity index (χ3n) is 8.54. The van der Waals surface area contributed by atoms with Crippen molar-refractivity contribution in [3.63, 3.8) is 0 Å². The molecule has 3 atom stereocenters. The number of carbonyl (C=O) groups is 1. The Labute approximate surface area is 205 Å². The van der Waals surface area contributed by atoms with Gasteiger partial charge in [0.1, 0.15) is 5.75 Å². The van der Waals surface area contributed by atoms with Gasteiger partial charge in [-0.2, -0.15) is 0 Å². The number of rotatable bonds is 5. The third-order valence-corrected chi connectivity index (χ3v) is 8.54. The number of phenols is 1. The van der Waals surface area contributed by atoms with Gasteiger partial charge in [-0.15, -0.1) is 0 Å². The van der Waals surface area contributed by atoms with Gasteiger partial charge < -0.3 is 10.0 Å². The molecule has 1 saturated carbocycles. The van der Waals surface area contributed by atoms with Crippen LogP contribution in [-0.4, -0.2) is 46.5 Å².